The van der Waals surface area contributed by atoms with E-state index in [1.807, 2.05) is 18.2 Å². The molecule has 1 aliphatic rings. The van der Waals surface area contributed by atoms with Gasteiger partial charge in [-0.05, 0) is 44.1 Å². The van der Waals surface area contributed by atoms with Crippen molar-refractivity contribution in [2.24, 2.45) is 5.92 Å². The second kappa shape index (κ2) is 6.75. The molecule has 0 unspecified atom stereocenters. The maximum atomic E-state index is 11.6. The van der Waals surface area contributed by atoms with Gasteiger partial charge in [0.1, 0.15) is 0 Å². The smallest absolute Gasteiger partial charge is 0.314 e. The molecule has 2 rings (SSSR count). The van der Waals surface area contributed by atoms with Gasteiger partial charge in [-0.1, -0.05) is 30.3 Å². The van der Waals surface area contributed by atoms with Crippen LogP contribution >= 0.6 is 0 Å². The second-order valence-electron chi connectivity index (χ2n) is 5.83. The zero-order valence-corrected chi connectivity index (χ0v) is 12.1. The van der Waals surface area contributed by atoms with Gasteiger partial charge in [-0.25, -0.2) is 4.79 Å². The van der Waals surface area contributed by atoms with E-state index in [4.69, 9.17) is 0 Å². The molecule has 1 aromatic rings. The summed E-state index contributed by atoms with van der Waals surface area (Å²) < 4.78 is 0. The van der Waals surface area contributed by atoms with E-state index in [-0.39, 0.29) is 6.03 Å². The van der Waals surface area contributed by atoms with E-state index < -0.39 is 5.60 Å². The van der Waals surface area contributed by atoms with Crippen molar-refractivity contribution < 1.29 is 9.90 Å². The molecule has 20 heavy (non-hydrogen) atoms. The Kier molecular flexibility index (Phi) is 5.01. The molecule has 0 heterocycles. The Morgan fingerprint density at radius 1 is 1.30 bits per heavy atom. The lowest BCUT2D eigenvalue weighted by Crippen LogP contribution is -2.46. The highest BCUT2D eigenvalue weighted by molar-refractivity contribution is 5.73. The minimum atomic E-state index is -0.763. The van der Waals surface area contributed by atoms with E-state index in [9.17, 15) is 9.90 Å². The largest absolute Gasteiger partial charge is 0.388 e. The number of aliphatic hydroxyl groups is 1. The van der Waals surface area contributed by atoms with Gasteiger partial charge in [-0.15, -0.1) is 0 Å². The van der Waals surface area contributed by atoms with Crippen molar-refractivity contribution in [3.05, 3.63) is 35.9 Å². The lowest BCUT2D eigenvalue weighted by atomic mass is 10.0. The molecular formula is C16H24N2O2. The number of hydrogen-bond donors (Lipinski definition) is 3. The molecule has 1 aliphatic carbocycles. The zero-order chi connectivity index (χ0) is 14.4. The monoisotopic (exact) mass is 276 g/mol. The number of hydrogen-bond acceptors (Lipinski definition) is 2. The first-order chi connectivity index (χ1) is 9.58. The van der Waals surface area contributed by atoms with Crippen molar-refractivity contribution in [2.75, 3.05) is 13.1 Å². The van der Waals surface area contributed by atoms with Gasteiger partial charge in [0.2, 0.25) is 0 Å². The summed E-state index contributed by atoms with van der Waals surface area (Å²) in [6, 6.07) is 10.0. The van der Waals surface area contributed by atoms with Crippen LogP contribution < -0.4 is 10.6 Å². The summed E-state index contributed by atoms with van der Waals surface area (Å²) in [4.78, 5) is 11.6. The van der Waals surface area contributed by atoms with E-state index in [2.05, 4.69) is 22.8 Å². The van der Waals surface area contributed by atoms with Gasteiger partial charge in [0.15, 0.2) is 0 Å². The molecule has 3 N–H and O–H groups in total. The number of rotatable bonds is 7. The Hall–Kier alpha value is -1.55. The molecule has 1 aromatic carbocycles. The van der Waals surface area contributed by atoms with E-state index in [0.717, 1.165) is 25.7 Å². The molecule has 0 aromatic heterocycles. The van der Waals surface area contributed by atoms with Crippen LogP contribution in [0.4, 0.5) is 4.79 Å². The van der Waals surface area contributed by atoms with Crippen molar-refractivity contribution in [1.82, 2.24) is 10.6 Å². The first-order valence-electron chi connectivity index (χ1n) is 7.36. The molecule has 4 heteroatoms. The molecule has 1 atom stereocenters. The van der Waals surface area contributed by atoms with Crippen LogP contribution in [0.15, 0.2) is 30.3 Å². The van der Waals surface area contributed by atoms with Crippen LogP contribution in [-0.2, 0) is 6.42 Å². The fraction of sp³-hybridized carbons (Fsp3) is 0.562. The number of benzene rings is 1. The summed E-state index contributed by atoms with van der Waals surface area (Å²) in [6.45, 7) is 2.76. The normalized spacial score (nSPS) is 17.3. The number of carbonyl (C=O) groups excluding carboxylic acids is 1. The summed E-state index contributed by atoms with van der Waals surface area (Å²) >= 11 is 0. The second-order valence-corrected chi connectivity index (χ2v) is 5.83. The van der Waals surface area contributed by atoms with Gasteiger partial charge in [0, 0.05) is 13.1 Å². The third-order valence-electron chi connectivity index (χ3n) is 3.83. The fourth-order valence-corrected chi connectivity index (χ4v) is 2.31. The van der Waals surface area contributed by atoms with Crippen LogP contribution in [0.1, 0.15) is 31.7 Å². The van der Waals surface area contributed by atoms with E-state index in [0.29, 0.717) is 19.0 Å². The number of aryl methyl sites for hydroxylation is 1. The van der Waals surface area contributed by atoms with Gasteiger partial charge in [0.25, 0.3) is 0 Å². The maximum Gasteiger partial charge on any atom is 0.314 e. The zero-order valence-electron chi connectivity index (χ0n) is 12.1. The molecule has 1 saturated carbocycles. The van der Waals surface area contributed by atoms with Crippen LogP contribution in [0.2, 0.25) is 0 Å². The highest BCUT2D eigenvalue weighted by Gasteiger charge is 2.39. The van der Waals surface area contributed by atoms with Crippen molar-refractivity contribution >= 4 is 6.03 Å². The molecule has 2 amide bonds. The first-order valence-corrected chi connectivity index (χ1v) is 7.36. The van der Waals surface area contributed by atoms with E-state index >= 15 is 0 Å². The van der Waals surface area contributed by atoms with Crippen molar-refractivity contribution in [2.45, 2.75) is 38.2 Å². The molecule has 0 radical (unpaired) electrons. The molecule has 4 nitrogen and oxygen atoms in total. The average Bonchev–Trinajstić information content (AvgIpc) is 3.28. The lowest BCUT2D eigenvalue weighted by molar-refractivity contribution is 0.0394. The molecule has 0 saturated heterocycles. The number of carbonyl (C=O) groups is 1. The standard InChI is InChI=1S/C16H24N2O2/c1-16(20,14-9-10-14)12-18-15(19)17-11-5-8-13-6-3-2-4-7-13/h2-4,6-7,14,20H,5,8-12H2,1H3,(H2,17,18,19)/t16-/m1/s1. The van der Waals surface area contributed by atoms with Gasteiger partial charge in [0.05, 0.1) is 5.60 Å². The number of amides is 2. The lowest BCUT2D eigenvalue weighted by Gasteiger charge is -2.23. The molecular weight excluding hydrogens is 252 g/mol. The fourth-order valence-electron chi connectivity index (χ4n) is 2.31. The molecule has 0 spiro atoms. The van der Waals surface area contributed by atoms with Crippen LogP contribution in [0.5, 0.6) is 0 Å². The summed E-state index contributed by atoms with van der Waals surface area (Å²) in [7, 11) is 0. The minimum Gasteiger partial charge on any atom is -0.388 e. The Balaban J connectivity index is 1.56. The quantitative estimate of drug-likeness (QED) is 0.668. The van der Waals surface area contributed by atoms with Crippen molar-refractivity contribution in [1.29, 1.82) is 0 Å². The highest BCUT2D eigenvalue weighted by atomic mass is 16.3. The van der Waals surface area contributed by atoms with E-state index in [1.54, 1.807) is 6.92 Å². The SMILES string of the molecule is C[C@@](O)(CNC(=O)NCCCc1ccccc1)C1CC1. The number of nitrogens with one attached hydrogen (secondary N) is 2. The number of urea groups is 1. The summed E-state index contributed by atoms with van der Waals surface area (Å²) in [5, 5.41) is 15.6. The van der Waals surface area contributed by atoms with Crippen molar-refractivity contribution in [3.8, 4) is 0 Å². The van der Waals surface area contributed by atoms with Crippen molar-refractivity contribution in [3.63, 3.8) is 0 Å². The topological polar surface area (TPSA) is 61.4 Å². The molecule has 0 bridgehead atoms. The summed E-state index contributed by atoms with van der Waals surface area (Å²) in [6.07, 6.45) is 4.00. The Labute approximate surface area is 120 Å². The Morgan fingerprint density at radius 3 is 2.65 bits per heavy atom. The van der Waals surface area contributed by atoms with Crippen LogP contribution in [-0.4, -0.2) is 29.8 Å². The van der Waals surface area contributed by atoms with Crippen LogP contribution in [0.3, 0.4) is 0 Å². The minimum absolute atomic E-state index is 0.195. The Morgan fingerprint density at radius 2 is 2.00 bits per heavy atom. The Bertz CT molecular complexity index is 427. The third kappa shape index (κ3) is 4.85. The summed E-state index contributed by atoms with van der Waals surface area (Å²) in [5.74, 6) is 0.348. The van der Waals surface area contributed by atoms with Gasteiger partial charge >= 0.3 is 6.03 Å². The van der Waals surface area contributed by atoms with Gasteiger partial charge < -0.3 is 15.7 Å². The first kappa shape index (κ1) is 14.9. The summed E-state index contributed by atoms with van der Waals surface area (Å²) in [5.41, 5.74) is 0.521. The predicted octanol–water partition coefficient (Wildman–Crippen LogP) is 2.08. The molecule has 0 aliphatic heterocycles. The van der Waals surface area contributed by atoms with Crippen LogP contribution in [0.25, 0.3) is 0 Å². The van der Waals surface area contributed by atoms with E-state index in [1.165, 1.54) is 5.56 Å². The molecule has 110 valence electrons. The maximum absolute atomic E-state index is 11.6. The molecule has 1 fully saturated rings. The van der Waals surface area contributed by atoms with Crippen LogP contribution in [0, 0.1) is 5.92 Å². The predicted molar refractivity (Wildman–Crippen MR) is 79.5 cm³/mol. The third-order valence-corrected chi connectivity index (χ3v) is 3.83. The average molecular weight is 276 g/mol. The van der Waals surface area contributed by atoms with Gasteiger partial charge in [-0.2, -0.15) is 0 Å². The van der Waals surface area contributed by atoms with Gasteiger partial charge in [-0.3, -0.25) is 0 Å². The highest BCUT2D eigenvalue weighted by Crippen LogP contribution is 2.38.